The van der Waals surface area contributed by atoms with E-state index in [2.05, 4.69) is 4.98 Å². The van der Waals surface area contributed by atoms with Gasteiger partial charge in [0.2, 0.25) is 0 Å². The first-order valence-electron chi connectivity index (χ1n) is 5.99. The molecule has 1 aromatic heterocycles. The molecule has 0 bridgehead atoms. The standard InChI is InChI=1S/C14H15ClN2O2/c1-2-5-18-14-7-11(3-4-13(14)16)19-12-6-10(15)8-17-9-12/h3-4,6-9H,2,5,16H2,1H3. The van der Waals surface area contributed by atoms with Crippen molar-refractivity contribution in [3.8, 4) is 17.2 Å². The Morgan fingerprint density at radius 1 is 1.21 bits per heavy atom. The average Bonchev–Trinajstić information content (AvgIpc) is 2.39. The van der Waals surface area contributed by atoms with E-state index in [1.807, 2.05) is 6.92 Å². The summed E-state index contributed by atoms with van der Waals surface area (Å²) in [5.41, 5.74) is 6.42. The molecule has 5 heteroatoms. The lowest BCUT2D eigenvalue weighted by atomic mass is 10.3. The normalized spacial score (nSPS) is 10.2. The lowest BCUT2D eigenvalue weighted by molar-refractivity contribution is 0.317. The van der Waals surface area contributed by atoms with Gasteiger partial charge in [0, 0.05) is 18.3 Å². The molecule has 0 spiro atoms. The van der Waals surface area contributed by atoms with E-state index >= 15 is 0 Å². The summed E-state index contributed by atoms with van der Waals surface area (Å²) >= 11 is 5.85. The van der Waals surface area contributed by atoms with E-state index in [-0.39, 0.29) is 0 Å². The summed E-state index contributed by atoms with van der Waals surface area (Å²) in [5, 5.41) is 0.524. The predicted molar refractivity (Wildman–Crippen MR) is 76.0 cm³/mol. The Kier molecular flexibility index (Phi) is 4.47. The first-order valence-corrected chi connectivity index (χ1v) is 6.37. The first-order chi connectivity index (χ1) is 9.19. The Morgan fingerprint density at radius 3 is 2.79 bits per heavy atom. The van der Waals surface area contributed by atoms with Crippen molar-refractivity contribution in [2.24, 2.45) is 0 Å². The number of anilines is 1. The Bertz CT molecular complexity index is 561. The van der Waals surface area contributed by atoms with Gasteiger partial charge in [-0.2, -0.15) is 0 Å². The van der Waals surface area contributed by atoms with Crippen LogP contribution in [-0.2, 0) is 0 Å². The van der Waals surface area contributed by atoms with Gasteiger partial charge in [-0.05, 0) is 18.6 Å². The number of ether oxygens (including phenoxy) is 2. The third-order valence-electron chi connectivity index (χ3n) is 2.36. The van der Waals surface area contributed by atoms with E-state index in [1.54, 1.807) is 36.7 Å². The van der Waals surface area contributed by atoms with Crippen molar-refractivity contribution >= 4 is 17.3 Å². The fraction of sp³-hybridized carbons (Fsp3) is 0.214. The highest BCUT2D eigenvalue weighted by atomic mass is 35.5. The summed E-state index contributed by atoms with van der Waals surface area (Å²) in [6, 6.07) is 6.97. The first kappa shape index (κ1) is 13.5. The van der Waals surface area contributed by atoms with Crippen LogP contribution < -0.4 is 15.2 Å². The van der Waals surface area contributed by atoms with Gasteiger partial charge in [0.1, 0.15) is 17.2 Å². The second kappa shape index (κ2) is 6.29. The molecule has 0 fully saturated rings. The summed E-state index contributed by atoms with van der Waals surface area (Å²) in [4.78, 5) is 3.96. The van der Waals surface area contributed by atoms with E-state index in [9.17, 15) is 0 Å². The summed E-state index contributed by atoms with van der Waals surface area (Å²) in [7, 11) is 0. The molecule has 0 saturated heterocycles. The molecule has 1 aromatic carbocycles. The molecule has 0 unspecified atom stereocenters. The number of benzene rings is 1. The van der Waals surface area contributed by atoms with Crippen LogP contribution in [0.25, 0.3) is 0 Å². The molecular weight excluding hydrogens is 264 g/mol. The third-order valence-corrected chi connectivity index (χ3v) is 2.57. The van der Waals surface area contributed by atoms with Crippen molar-refractivity contribution in [2.45, 2.75) is 13.3 Å². The lowest BCUT2D eigenvalue weighted by Gasteiger charge is -2.11. The molecule has 0 aliphatic rings. The minimum absolute atomic E-state index is 0.524. The molecule has 19 heavy (non-hydrogen) atoms. The number of hydrogen-bond acceptors (Lipinski definition) is 4. The molecule has 0 radical (unpaired) electrons. The average molecular weight is 279 g/mol. The molecule has 0 aliphatic heterocycles. The van der Waals surface area contributed by atoms with Crippen molar-refractivity contribution < 1.29 is 9.47 Å². The topological polar surface area (TPSA) is 57.4 Å². The number of hydrogen-bond donors (Lipinski definition) is 1. The summed E-state index contributed by atoms with van der Waals surface area (Å²) in [5.74, 6) is 1.82. The van der Waals surface area contributed by atoms with Gasteiger partial charge in [0.15, 0.2) is 0 Å². The molecule has 100 valence electrons. The molecule has 0 saturated carbocycles. The SMILES string of the molecule is CCCOc1cc(Oc2cncc(Cl)c2)ccc1N. The number of nitrogens with zero attached hydrogens (tertiary/aromatic N) is 1. The largest absolute Gasteiger partial charge is 0.491 e. The molecule has 0 amide bonds. The number of nitrogen functional groups attached to an aromatic ring is 1. The lowest BCUT2D eigenvalue weighted by Crippen LogP contribution is -1.99. The van der Waals surface area contributed by atoms with E-state index in [1.165, 1.54) is 0 Å². The minimum Gasteiger partial charge on any atom is -0.491 e. The van der Waals surface area contributed by atoms with Crippen LogP contribution in [0, 0.1) is 0 Å². The van der Waals surface area contributed by atoms with Crippen LogP contribution in [-0.4, -0.2) is 11.6 Å². The van der Waals surface area contributed by atoms with E-state index in [0.717, 1.165) is 6.42 Å². The van der Waals surface area contributed by atoms with Crippen LogP contribution in [0.3, 0.4) is 0 Å². The zero-order chi connectivity index (χ0) is 13.7. The molecule has 4 nitrogen and oxygen atoms in total. The Morgan fingerprint density at radius 2 is 2.05 bits per heavy atom. The molecular formula is C14H15ClN2O2. The number of rotatable bonds is 5. The Labute approximate surface area is 117 Å². The summed E-state index contributed by atoms with van der Waals surface area (Å²) < 4.78 is 11.2. The van der Waals surface area contributed by atoms with Crippen LogP contribution >= 0.6 is 11.6 Å². The predicted octanol–water partition coefficient (Wildman–Crippen LogP) is 3.90. The van der Waals surface area contributed by atoms with Gasteiger partial charge in [-0.15, -0.1) is 0 Å². The van der Waals surface area contributed by atoms with E-state index in [4.69, 9.17) is 26.8 Å². The molecule has 2 N–H and O–H groups in total. The maximum atomic E-state index is 5.85. The number of halogens is 1. The highest BCUT2D eigenvalue weighted by Crippen LogP contribution is 2.30. The highest BCUT2D eigenvalue weighted by Gasteiger charge is 2.05. The van der Waals surface area contributed by atoms with Gasteiger partial charge >= 0.3 is 0 Å². The van der Waals surface area contributed by atoms with Gasteiger partial charge in [0.05, 0.1) is 23.5 Å². The zero-order valence-electron chi connectivity index (χ0n) is 10.6. The van der Waals surface area contributed by atoms with E-state index in [0.29, 0.717) is 34.6 Å². The van der Waals surface area contributed by atoms with Crippen molar-refractivity contribution in [2.75, 3.05) is 12.3 Å². The van der Waals surface area contributed by atoms with Crippen LogP contribution in [0.4, 0.5) is 5.69 Å². The quantitative estimate of drug-likeness (QED) is 0.843. The Hall–Kier alpha value is -1.94. The highest BCUT2D eigenvalue weighted by molar-refractivity contribution is 6.30. The minimum atomic E-state index is 0.524. The number of nitrogens with two attached hydrogens (primary N) is 1. The third kappa shape index (κ3) is 3.76. The fourth-order valence-electron chi connectivity index (χ4n) is 1.50. The van der Waals surface area contributed by atoms with Crippen LogP contribution in [0.2, 0.25) is 5.02 Å². The molecule has 2 aromatic rings. The van der Waals surface area contributed by atoms with Gasteiger partial charge in [0.25, 0.3) is 0 Å². The zero-order valence-corrected chi connectivity index (χ0v) is 11.4. The second-order valence-electron chi connectivity index (χ2n) is 3.99. The van der Waals surface area contributed by atoms with Crippen molar-refractivity contribution in [1.82, 2.24) is 4.98 Å². The van der Waals surface area contributed by atoms with Gasteiger partial charge in [-0.3, -0.25) is 4.98 Å². The van der Waals surface area contributed by atoms with E-state index < -0.39 is 0 Å². The molecule has 0 aliphatic carbocycles. The Balaban J connectivity index is 2.16. The molecule has 0 atom stereocenters. The monoisotopic (exact) mass is 278 g/mol. The van der Waals surface area contributed by atoms with Crippen molar-refractivity contribution in [3.63, 3.8) is 0 Å². The van der Waals surface area contributed by atoms with Crippen LogP contribution in [0.5, 0.6) is 17.2 Å². The maximum absolute atomic E-state index is 5.85. The van der Waals surface area contributed by atoms with Crippen LogP contribution in [0.15, 0.2) is 36.7 Å². The smallest absolute Gasteiger partial charge is 0.147 e. The fourth-order valence-corrected chi connectivity index (χ4v) is 1.66. The summed E-state index contributed by atoms with van der Waals surface area (Å²) in [6.07, 6.45) is 4.06. The van der Waals surface area contributed by atoms with Crippen LogP contribution in [0.1, 0.15) is 13.3 Å². The van der Waals surface area contributed by atoms with Gasteiger partial charge in [-0.1, -0.05) is 18.5 Å². The summed E-state index contributed by atoms with van der Waals surface area (Å²) in [6.45, 7) is 2.65. The maximum Gasteiger partial charge on any atom is 0.147 e. The molecule has 1 heterocycles. The number of pyridine rings is 1. The van der Waals surface area contributed by atoms with Gasteiger partial charge in [-0.25, -0.2) is 0 Å². The van der Waals surface area contributed by atoms with Gasteiger partial charge < -0.3 is 15.2 Å². The van der Waals surface area contributed by atoms with Crippen molar-refractivity contribution in [1.29, 1.82) is 0 Å². The van der Waals surface area contributed by atoms with Crippen molar-refractivity contribution in [3.05, 3.63) is 41.7 Å². The molecule has 2 rings (SSSR count). The second-order valence-corrected chi connectivity index (χ2v) is 4.43. The number of aromatic nitrogens is 1.